The zero-order chi connectivity index (χ0) is 13.9. The molecule has 1 heterocycles. The zero-order valence-corrected chi connectivity index (χ0v) is 11.6. The molecule has 0 atom stereocenters. The molecule has 1 aromatic carbocycles. The van der Waals surface area contributed by atoms with Gasteiger partial charge in [0.05, 0.1) is 17.4 Å². The van der Waals surface area contributed by atoms with E-state index in [9.17, 15) is 0 Å². The lowest BCUT2D eigenvalue weighted by Gasteiger charge is -2.25. The second-order valence-electron chi connectivity index (χ2n) is 5.43. The molecule has 1 aromatic heterocycles. The van der Waals surface area contributed by atoms with Crippen LogP contribution in [-0.4, -0.2) is 11.5 Å². The molecule has 3 heteroatoms. The highest BCUT2D eigenvalue weighted by Crippen LogP contribution is 2.35. The van der Waals surface area contributed by atoms with Crippen LogP contribution >= 0.6 is 0 Å². The Morgan fingerprint density at radius 2 is 1.95 bits per heavy atom. The maximum atomic E-state index is 9.04. The van der Waals surface area contributed by atoms with Crippen molar-refractivity contribution in [2.45, 2.75) is 19.8 Å². The van der Waals surface area contributed by atoms with E-state index in [1.807, 2.05) is 12.3 Å². The van der Waals surface area contributed by atoms with Gasteiger partial charge >= 0.3 is 0 Å². The summed E-state index contributed by atoms with van der Waals surface area (Å²) >= 11 is 0. The van der Waals surface area contributed by atoms with Crippen LogP contribution < -0.4 is 4.90 Å². The van der Waals surface area contributed by atoms with Crippen LogP contribution in [0.2, 0.25) is 0 Å². The summed E-state index contributed by atoms with van der Waals surface area (Å²) in [7, 11) is 0. The first-order chi connectivity index (χ1) is 9.76. The Kier molecular flexibility index (Phi) is 3.39. The number of rotatable bonds is 4. The van der Waals surface area contributed by atoms with Crippen molar-refractivity contribution >= 4 is 11.4 Å². The minimum absolute atomic E-state index is 0.607. The number of aryl methyl sites for hydroxylation is 1. The Labute approximate surface area is 119 Å². The molecule has 0 saturated heterocycles. The van der Waals surface area contributed by atoms with Crippen LogP contribution in [0.5, 0.6) is 0 Å². The highest BCUT2D eigenvalue weighted by molar-refractivity contribution is 5.64. The van der Waals surface area contributed by atoms with Crippen molar-refractivity contribution < 1.29 is 0 Å². The maximum absolute atomic E-state index is 9.04. The monoisotopic (exact) mass is 263 g/mol. The van der Waals surface area contributed by atoms with Gasteiger partial charge in [-0.05, 0) is 43.9 Å². The van der Waals surface area contributed by atoms with Crippen molar-refractivity contribution in [1.29, 1.82) is 5.26 Å². The quantitative estimate of drug-likeness (QED) is 0.842. The second kappa shape index (κ2) is 5.34. The van der Waals surface area contributed by atoms with E-state index in [2.05, 4.69) is 47.1 Å². The number of pyridine rings is 1. The summed E-state index contributed by atoms with van der Waals surface area (Å²) in [6.45, 7) is 3.09. The third kappa shape index (κ3) is 2.80. The minimum atomic E-state index is 0.607. The molecule has 3 nitrogen and oxygen atoms in total. The lowest BCUT2D eigenvalue weighted by atomic mass is 10.2. The summed E-state index contributed by atoms with van der Waals surface area (Å²) in [5, 5.41) is 9.04. The van der Waals surface area contributed by atoms with Crippen molar-refractivity contribution in [2.75, 3.05) is 11.4 Å². The molecule has 20 heavy (non-hydrogen) atoms. The van der Waals surface area contributed by atoms with Crippen molar-refractivity contribution in [1.82, 2.24) is 4.98 Å². The van der Waals surface area contributed by atoms with Crippen LogP contribution in [0.15, 0.2) is 42.7 Å². The first kappa shape index (κ1) is 12.7. The second-order valence-corrected chi connectivity index (χ2v) is 5.43. The number of anilines is 2. The van der Waals surface area contributed by atoms with Gasteiger partial charge < -0.3 is 4.90 Å². The summed E-state index contributed by atoms with van der Waals surface area (Å²) in [6.07, 6.45) is 6.04. The molecule has 1 fully saturated rings. The largest absolute Gasteiger partial charge is 0.340 e. The average molecular weight is 263 g/mol. The van der Waals surface area contributed by atoms with Gasteiger partial charge in [-0.2, -0.15) is 5.26 Å². The first-order valence-corrected chi connectivity index (χ1v) is 6.95. The molecular formula is C17H17N3. The van der Waals surface area contributed by atoms with Crippen LogP contribution in [0.4, 0.5) is 11.4 Å². The smallest absolute Gasteiger partial charge is 0.101 e. The van der Waals surface area contributed by atoms with Crippen molar-refractivity contribution in [2.24, 2.45) is 5.92 Å². The number of hydrogen-bond acceptors (Lipinski definition) is 3. The van der Waals surface area contributed by atoms with E-state index in [0.717, 1.165) is 18.2 Å². The van der Waals surface area contributed by atoms with Crippen LogP contribution in [-0.2, 0) is 0 Å². The van der Waals surface area contributed by atoms with E-state index in [4.69, 9.17) is 5.26 Å². The lowest BCUT2D eigenvalue weighted by molar-refractivity contribution is 0.812. The number of hydrogen-bond donors (Lipinski definition) is 0. The van der Waals surface area contributed by atoms with Crippen molar-refractivity contribution in [3.05, 3.63) is 53.9 Å². The highest BCUT2D eigenvalue weighted by atomic mass is 15.1. The van der Waals surface area contributed by atoms with E-state index < -0.39 is 0 Å². The van der Waals surface area contributed by atoms with E-state index in [1.165, 1.54) is 24.1 Å². The van der Waals surface area contributed by atoms with Gasteiger partial charge in [-0.25, -0.2) is 0 Å². The van der Waals surface area contributed by atoms with Crippen LogP contribution in [0, 0.1) is 24.2 Å². The van der Waals surface area contributed by atoms with Gasteiger partial charge in [-0.3, -0.25) is 4.98 Å². The van der Waals surface area contributed by atoms with E-state index in [-0.39, 0.29) is 0 Å². The predicted octanol–water partition coefficient (Wildman–Crippen LogP) is 3.81. The van der Waals surface area contributed by atoms with Gasteiger partial charge in [0.15, 0.2) is 0 Å². The molecule has 0 amide bonds. The molecule has 0 bridgehead atoms. The number of nitrogens with zero attached hydrogens (tertiary/aromatic N) is 3. The standard InChI is InChI=1S/C17H17N3/c1-13-2-6-16(7-3-13)20(12-14-4-5-14)17-8-15(9-18)10-19-11-17/h2-3,6-8,10-11,14H,4-5,12H2,1H3. The van der Waals surface area contributed by atoms with E-state index in [1.54, 1.807) is 6.20 Å². The molecule has 100 valence electrons. The highest BCUT2D eigenvalue weighted by Gasteiger charge is 2.25. The summed E-state index contributed by atoms with van der Waals surface area (Å²) < 4.78 is 0. The Morgan fingerprint density at radius 3 is 2.60 bits per heavy atom. The molecule has 3 rings (SSSR count). The molecule has 0 radical (unpaired) electrons. The third-order valence-electron chi connectivity index (χ3n) is 3.65. The fourth-order valence-corrected chi connectivity index (χ4v) is 2.28. The average Bonchev–Trinajstić information content (AvgIpc) is 3.30. The van der Waals surface area contributed by atoms with Gasteiger partial charge in [-0.1, -0.05) is 17.7 Å². The molecule has 1 aliphatic rings. The molecule has 1 saturated carbocycles. The Bertz CT molecular complexity index is 636. The van der Waals surface area contributed by atoms with Crippen LogP contribution in [0.25, 0.3) is 0 Å². The zero-order valence-electron chi connectivity index (χ0n) is 11.6. The first-order valence-electron chi connectivity index (χ1n) is 6.95. The topological polar surface area (TPSA) is 39.9 Å². The van der Waals surface area contributed by atoms with Crippen molar-refractivity contribution in [3.63, 3.8) is 0 Å². The number of benzene rings is 1. The van der Waals surface area contributed by atoms with Gasteiger partial charge in [0, 0.05) is 18.4 Å². The van der Waals surface area contributed by atoms with Crippen LogP contribution in [0.1, 0.15) is 24.0 Å². The summed E-state index contributed by atoms with van der Waals surface area (Å²) in [4.78, 5) is 6.45. The third-order valence-corrected chi connectivity index (χ3v) is 3.65. The van der Waals surface area contributed by atoms with Crippen molar-refractivity contribution in [3.8, 4) is 6.07 Å². The summed E-state index contributed by atoms with van der Waals surface area (Å²) in [6, 6.07) is 12.6. The molecule has 0 unspecified atom stereocenters. The van der Waals surface area contributed by atoms with E-state index in [0.29, 0.717) is 5.56 Å². The van der Waals surface area contributed by atoms with Gasteiger partial charge in [0.2, 0.25) is 0 Å². The van der Waals surface area contributed by atoms with Gasteiger partial charge in [0.25, 0.3) is 0 Å². The molecule has 1 aliphatic carbocycles. The molecule has 2 aromatic rings. The molecule has 0 spiro atoms. The normalized spacial score (nSPS) is 13.8. The maximum Gasteiger partial charge on any atom is 0.101 e. The number of nitriles is 1. The Balaban J connectivity index is 1.96. The lowest BCUT2D eigenvalue weighted by Crippen LogP contribution is -2.20. The molecule has 0 N–H and O–H groups in total. The Morgan fingerprint density at radius 1 is 1.20 bits per heavy atom. The van der Waals surface area contributed by atoms with E-state index >= 15 is 0 Å². The SMILES string of the molecule is Cc1ccc(N(CC2CC2)c2cncc(C#N)c2)cc1. The summed E-state index contributed by atoms with van der Waals surface area (Å²) in [5.41, 5.74) is 4.03. The number of aromatic nitrogens is 1. The van der Waals surface area contributed by atoms with Crippen LogP contribution in [0.3, 0.4) is 0 Å². The minimum Gasteiger partial charge on any atom is -0.340 e. The fourth-order valence-electron chi connectivity index (χ4n) is 2.28. The van der Waals surface area contributed by atoms with Gasteiger partial charge in [-0.15, -0.1) is 0 Å². The Hall–Kier alpha value is -2.34. The van der Waals surface area contributed by atoms with Gasteiger partial charge in [0.1, 0.15) is 6.07 Å². The molecular weight excluding hydrogens is 246 g/mol. The summed E-state index contributed by atoms with van der Waals surface area (Å²) in [5.74, 6) is 0.766. The predicted molar refractivity (Wildman–Crippen MR) is 79.9 cm³/mol. The fraction of sp³-hybridized carbons (Fsp3) is 0.294. The molecule has 0 aliphatic heterocycles.